The normalized spacial score (nSPS) is 30.3. The molecule has 0 spiro atoms. The number of nitrogens with zero attached hydrogens (tertiary/aromatic N) is 1. The average molecular weight is 286 g/mol. The van der Waals surface area contributed by atoms with Gasteiger partial charge in [0.05, 0.1) is 0 Å². The standard InChI is InChI=1S/C18H26N2O/c1-2-6-18-15(4-1)12-16(21-18)13-20-10-7-14(8-11-20)17-5-3-9-19-17/h1-2,4,6,14,16-17,19H,3,5,7-13H2. The van der Waals surface area contributed by atoms with Gasteiger partial charge in [-0.15, -0.1) is 0 Å². The first-order valence-corrected chi connectivity index (χ1v) is 8.59. The molecule has 0 radical (unpaired) electrons. The Morgan fingerprint density at radius 1 is 1.14 bits per heavy atom. The molecule has 0 saturated carbocycles. The lowest BCUT2D eigenvalue weighted by molar-refractivity contribution is 0.108. The molecular weight excluding hydrogens is 260 g/mol. The van der Waals surface area contributed by atoms with Crippen molar-refractivity contribution >= 4 is 0 Å². The zero-order chi connectivity index (χ0) is 14.1. The molecule has 4 rings (SSSR count). The van der Waals surface area contributed by atoms with Crippen molar-refractivity contribution in [3.8, 4) is 5.75 Å². The summed E-state index contributed by atoms with van der Waals surface area (Å²) in [5.41, 5.74) is 1.38. The van der Waals surface area contributed by atoms with E-state index in [-0.39, 0.29) is 0 Å². The Balaban J connectivity index is 1.26. The first-order chi connectivity index (χ1) is 10.4. The van der Waals surface area contributed by atoms with Crippen LogP contribution < -0.4 is 10.1 Å². The summed E-state index contributed by atoms with van der Waals surface area (Å²) in [5.74, 6) is 2.01. The Morgan fingerprint density at radius 2 is 2.00 bits per heavy atom. The van der Waals surface area contributed by atoms with Crippen molar-refractivity contribution in [2.24, 2.45) is 5.92 Å². The van der Waals surface area contributed by atoms with Gasteiger partial charge in [-0.25, -0.2) is 0 Å². The molecular formula is C18H26N2O. The second-order valence-electron chi connectivity index (χ2n) is 6.89. The lowest BCUT2D eigenvalue weighted by atomic mass is 9.88. The number of likely N-dealkylation sites (tertiary alicyclic amines) is 1. The number of hydrogen-bond acceptors (Lipinski definition) is 3. The van der Waals surface area contributed by atoms with Crippen molar-refractivity contribution in [3.63, 3.8) is 0 Å². The van der Waals surface area contributed by atoms with Gasteiger partial charge >= 0.3 is 0 Å². The van der Waals surface area contributed by atoms with E-state index in [0.717, 1.165) is 30.7 Å². The van der Waals surface area contributed by atoms with Crippen molar-refractivity contribution in [2.45, 2.75) is 44.2 Å². The van der Waals surface area contributed by atoms with Crippen molar-refractivity contribution in [3.05, 3.63) is 29.8 Å². The van der Waals surface area contributed by atoms with Gasteiger partial charge in [0.1, 0.15) is 11.9 Å². The maximum atomic E-state index is 6.08. The molecule has 2 fully saturated rings. The van der Waals surface area contributed by atoms with Crippen LogP contribution in [-0.4, -0.2) is 43.2 Å². The molecule has 21 heavy (non-hydrogen) atoms. The van der Waals surface area contributed by atoms with E-state index in [2.05, 4.69) is 34.5 Å². The Labute approximate surface area is 127 Å². The van der Waals surface area contributed by atoms with Crippen molar-refractivity contribution in [2.75, 3.05) is 26.2 Å². The molecule has 0 amide bonds. The largest absolute Gasteiger partial charge is 0.488 e. The van der Waals surface area contributed by atoms with Gasteiger partial charge in [0.2, 0.25) is 0 Å². The molecule has 0 aliphatic carbocycles. The highest BCUT2D eigenvalue weighted by molar-refractivity contribution is 5.37. The molecule has 1 aromatic rings. The monoisotopic (exact) mass is 286 g/mol. The van der Waals surface area contributed by atoms with Crippen LogP contribution in [0.2, 0.25) is 0 Å². The SMILES string of the molecule is c1ccc2c(c1)CC(CN1CCC(C3CCCN3)CC1)O2. The highest BCUT2D eigenvalue weighted by atomic mass is 16.5. The molecule has 3 aliphatic rings. The lowest BCUT2D eigenvalue weighted by Gasteiger charge is -2.35. The number of hydrogen-bond donors (Lipinski definition) is 1. The molecule has 2 unspecified atom stereocenters. The number of rotatable bonds is 3. The average Bonchev–Trinajstić information content (AvgIpc) is 3.17. The third-order valence-electron chi connectivity index (χ3n) is 5.48. The summed E-state index contributed by atoms with van der Waals surface area (Å²) in [6.07, 6.45) is 6.93. The molecule has 2 atom stereocenters. The number of benzene rings is 1. The summed E-state index contributed by atoms with van der Waals surface area (Å²) >= 11 is 0. The maximum Gasteiger partial charge on any atom is 0.123 e. The zero-order valence-corrected chi connectivity index (χ0v) is 12.8. The molecule has 114 valence electrons. The number of ether oxygens (including phenoxy) is 1. The van der Waals surface area contributed by atoms with Gasteiger partial charge in [-0.2, -0.15) is 0 Å². The van der Waals surface area contributed by atoms with Gasteiger partial charge in [-0.3, -0.25) is 4.90 Å². The van der Waals surface area contributed by atoms with Gasteiger partial charge in [0.15, 0.2) is 0 Å². The topological polar surface area (TPSA) is 24.5 Å². The van der Waals surface area contributed by atoms with Crippen LogP contribution in [-0.2, 0) is 6.42 Å². The maximum absolute atomic E-state index is 6.08. The first kappa shape index (κ1) is 13.6. The van der Waals surface area contributed by atoms with E-state index in [4.69, 9.17) is 4.74 Å². The van der Waals surface area contributed by atoms with Crippen molar-refractivity contribution < 1.29 is 4.74 Å². The minimum Gasteiger partial charge on any atom is -0.488 e. The fourth-order valence-corrected chi connectivity index (χ4v) is 4.30. The van der Waals surface area contributed by atoms with Gasteiger partial charge in [-0.1, -0.05) is 18.2 Å². The van der Waals surface area contributed by atoms with Crippen LogP contribution in [0, 0.1) is 5.92 Å². The summed E-state index contributed by atoms with van der Waals surface area (Å²) in [6.45, 7) is 4.83. The minimum absolute atomic E-state index is 0.364. The molecule has 3 nitrogen and oxygen atoms in total. The van der Waals surface area contributed by atoms with E-state index < -0.39 is 0 Å². The fourth-order valence-electron chi connectivity index (χ4n) is 4.30. The van der Waals surface area contributed by atoms with E-state index in [1.807, 2.05) is 0 Å². The van der Waals surface area contributed by atoms with Crippen LogP contribution in [0.4, 0.5) is 0 Å². The number of nitrogens with one attached hydrogen (secondary N) is 1. The van der Waals surface area contributed by atoms with Gasteiger partial charge in [0, 0.05) is 19.0 Å². The molecule has 3 heteroatoms. The van der Waals surface area contributed by atoms with Crippen LogP contribution in [0.1, 0.15) is 31.2 Å². The second-order valence-corrected chi connectivity index (χ2v) is 6.89. The van der Waals surface area contributed by atoms with Crippen LogP contribution in [0.5, 0.6) is 5.75 Å². The van der Waals surface area contributed by atoms with E-state index in [1.165, 1.54) is 50.9 Å². The molecule has 1 aromatic carbocycles. The van der Waals surface area contributed by atoms with Crippen LogP contribution in [0.15, 0.2) is 24.3 Å². The van der Waals surface area contributed by atoms with E-state index in [0.29, 0.717) is 6.10 Å². The van der Waals surface area contributed by atoms with E-state index in [1.54, 1.807) is 0 Å². The predicted octanol–water partition coefficient (Wildman–Crippen LogP) is 2.45. The molecule has 0 aromatic heterocycles. The highest BCUT2D eigenvalue weighted by Crippen LogP contribution is 2.30. The van der Waals surface area contributed by atoms with Gasteiger partial charge in [-0.05, 0) is 62.9 Å². The molecule has 2 saturated heterocycles. The number of para-hydroxylation sites is 1. The predicted molar refractivity (Wildman–Crippen MR) is 84.8 cm³/mol. The third-order valence-corrected chi connectivity index (χ3v) is 5.48. The van der Waals surface area contributed by atoms with Gasteiger partial charge in [0.25, 0.3) is 0 Å². The van der Waals surface area contributed by atoms with E-state index in [9.17, 15) is 0 Å². The summed E-state index contributed by atoms with van der Waals surface area (Å²) in [5, 5.41) is 3.68. The molecule has 3 aliphatic heterocycles. The van der Waals surface area contributed by atoms with Crippen LogP contribution >= 0.6 is 0 Å². The van der Waals surface area contributed by atoms with Crippen molar-refractivity contribution in [1.82, 2.24) is 10.2 Å². The summed E-state index contributed by atoms with van der Waals surface area (Å²) in [4.78, 5) is 2.61. The minimum atomic E-state index is 0.364. The quantitative estimate of drug-likeness (QED) is 0.924. The van der Waals surface area contributed by atoms with Gasteiger partial charge < -0.3 is 10.1 Å². The highest BCUT2D eigenvalue weighted by Gasteiger charge is 2.30. The second kappa shape index (κ2) is 5.98. The smallest absolute Gasteiger partial charge is 0.123 e. The molecule has 0 bridgehead atoms. The summed E-state index contributed by atoms with van der Waals surface area (Å²) in [6, 6.07) is 9.30. The summed E-state index contributed by atoms with van der Waals surface area (Å²) < 4.78 is 6.08. The summed E-state index contributed by atoms with van der Waals surface area (Å²) in [7, 11) is 0. The number of piperidine rings is 1. The Hall–Kier alpha value is -1.06. The molecule has 3 heterocycles. The Bertz CT molecular complexity index is 451. The van der Waals surface area contributed by atoms with Crippen molar-refractivity contribution in [1.29, 1.82) is 0 Å². The third kappa shape index (κ3) is 2.95. The Kier molecular flexibility index (Phi) is 3.87. The van der Waals surface area contributed by atoms with Crippen LogP contribution in [0.25, 0.3) is 0 Å². The fraction of sp³-hybridized carbons (Fsp3) is 0.667. The molecule has 1 N–H and O–H groups in total. The first-order valence-electron chi connectivity index (χ1n) is 8.59. The number of fused-ring (bicyclic) bond motifs is 1. The Morgan fingerprint density at radius 3 is 2.76 bits per heavy atom. The van der Waals surface area contributed by atoms with E-state index >= 15 is 0 Å². The lowest BCUT2D eigenvalue weighted by Crippen LogP contribution is -2.44. The zero-order valence-electron chi connectivity index (χ0n) is 12.8. The van der Waals surface area contributed by atoms with Crippen LogP contribution in [0.3, 0.4) is 0 Å².